The summed E-state index contributed by atoms with van der Waals surface area (Å²) in [7, 11) is 0. The molecule has 26 heavy (non-hydrogen) atoms. The summed E-state index contributed by atoms with van der Waals surface area (Å²) in [6.45, 7) is 0.229. The summed E-state index contributed by atoms with van der Waals surface area (Å²) in [5, 5.41) is 14.6. The molecule has 1 aromatic carbocycles. The van der Waals surface area contributed by atoms with Gasteiger partial charge in [-0.3, -0.25) is 9.78 Å². The van der Waals surface area contributed by atoms with Gasteiger partial charge < -0.3 is 9.84 Å². The fourth-order valence-electron chi connectivity index (χ4n) is 2.38. The summed E-state index contributed by atoms with van der Waals surface area (Å²) in [6.07, 6.45) is 5.09. The van der Waals surface area contributed by atoms with E-state index in [0.717, 1.165) is 11.3 Å². The monoisotopic (exact) mass is 346 g/mol. The number of hydrogen-bond donors (Lipinski definition) is 1. The van der Waals surface area contributed by atoms with Crippen LogP contribution < -0.4 is 5.32 Å². The van der Waals surface area contributed by atoms with Crippen LogP contribution in [0.3, 0.4) is 0 Å². The number of pyridine rings is 1. The lowest BCUT2D eigenvalue weighted by Crippen LogP contribution is -2.23. The molecule has 0 bridgehead atoms. The summed E-state index contributed by atoms with van der Waals surface area (Å²) in [4.78, 5) is 16.3. The molecular formula is C18H14N6O2. The van der Waals surface area contributed by atoms with E-state index >= 15 is 0 Å². The highest BCUT2D eigenvalue weighted by Crippen LogP contribution is 2.19. The molecule has 1 N–H and O–H groups in total. The zero-order valence-corrected chi connectivity index (χ0v) is 13.6. The van der Waals surface area contributed by atoms with Crippen molar-refractivity contribution in [2.75, 3.05) is 0 Å². The number of aromatic nitrogens is 5. The van der Waals surface area contributed by atoms with Crippen LogP contribution in [0.2, 0.25) is 0 Å². The number of benzene rings is 1. The summed E-state index contributed by atoms with van der Waals surface area (Å²) < 4.78 is 6.83. The number of amides is 1. The first-order valence-electron chi connectivity index (χ1n) is 7.91. The smallest absolute Gasteiger partial charge is 0.273 e. The molecule has 0 saturated carbocycles. The third-order valence-corrected chi connectivity index (χ3v) is 3.68. The third kappa shape index (κ3) is 3.34. The SMILES string of the molecule is O=C(NCc1cn(-c2cccnc2)nn1)c1cc(-c2ccccc2)on1. The van der Waals surface area contributed by atoms with Crippen molar-refractivity contribution in [2.24, 2.45) is 0 Å². The van der Waals surface area contributed by atoms with E-state index in [1.165, 1.54) is 0 Å². The fraction of sp³-hybridized carbons (Fsp3) is 0.0556. The Hall–Kier alpha value is -3.81. The Bertz CT molecular complexity index is 1010. The number of nitrogens with one attached hydrogen (secondary N) is 1. The van der Waals surface area contributed by atoms with Crippen molar-refractivity contribution in [2.45, 2.75) is 6.54 Å². The van der Waals surface area contributed by atoms with Gasteiger partial charge in [-0.05, 0) is 12.1 Å². The second-order valence-corrected chi connectivity index (χ2v) is 5.49. The Kier molecular flexibility index (Phi) is 4.21. The van der Waals surface area contributed by atoms with E-state index in [-0.39, 0.29) is 18.1 Å². The van der Waals surface area contributed by atoms with Gasteiger partial charge in [0.1, 0.15) is 5.69 Å². The largest absolute Gasteiger partial charge is 0.355 e. The van der Waals surface area contributed by atoms with Crippen LogP contribution in [0.1, 0.15) is 16.2 Å². The quantitative estimate of drug-likeness (QED) is 0.595. The topological polar surface area (TPSA) is 98.7 Å². The van der Waals surface area contributed by atoms with E-state index < -0.39 is 0 Å². The molecule has 128 valence electrons. The van der Waals surface area contributed by atoms with Crippen molar-refractivity contribution in [3.63, 3.8) is 0 Å². The average Bonchev–Trinajstić information content (AvgIpc) is 3.37. The molecule has 0 radical (unpaired) electrons. The highest BCUT2D eigenvalue weighted by Gasteiger charge is 2.14. The zero-order chi connectivity index (χ0) is 17.8. The number of rotatable bonds is 5. The lowest BCUT2D eigenvalue weighted by molar-refractivity contribution is 0.0941. The van der Waals surface area contributed by atoms with Gasteiger partial charge >= 0.3 is 0 Å². The molecule has 0 unspecified atom stereocenters. The standard InChI is InChI=1S/C18H14N6O2/c25-18(16-9-17(26-22-16)13-5-2-1-3-6-13)20-10-14-12-24(23-21-14)15-7-4-8-19-11-15/h1-9,11-12H,10H2,(H,20,25). The number of hydrogen-bond acceptors (Lipinski definition) is 6. The Balaban J connectivity index is 1.40. The molecule has 0 aliphatic carbocycles. The van der Waals surface area contributed by atoms with Gasteiger partial charge in [0.2, 0.25) is 0 Å². The Morgan fingerprint density at radius 2 is 2.04 bits per heavy atom. The minimum Gasteiger partial charge on any atom is -0.355 e. The molecule has 4 rings (SSSR count). The molecule has 1 amide bonds. The molecule has 3 heterocycles. The van der Waals surface area contributed by atoms with Crippen molar-refractivity contribution in [3.05, 3.63) is 78.5 Å². The van der Waals surface area contributed by atoms with Gasteiger partial charge in [0.05, 0.1) is 24.6 Å². The lowest BCUT2D eigenvalue weighted by Gasteiger charge is -1.99. The maximum atomic E-state index is 12.2. The molecule has 0 aliphatic rings. The second kappa shape index (κ2) is 6.98. The molecule has 8 heteroatoms. The first-order valence-corrected chi connectivity index (χ1v) is 7.91. The lowest BCUT2D eigenvalue weighted by atomic mass is 10.1. The van der Waals surface area contributed by atoms with Crippen molar-refractivity contribution in [1.29, 1.82) is 0 Å². The van der Waals surface area contributed by atoms with Gasteiger partial charge in [0, 0.05) is 17.8 Å². The van der Waals surface area contributed by atoms with Crippen LogP contribution in [0.4, 0.5) is 0 Å². The third-order valence-electron chi connectivity index (χ3n) is 3.68. The van der Waals surface area contributed by atoms with E-state index in [4.69, 9.17) is 4.52 Å². The molecule has 8 nitrogen and oxygen atoms in total. The van der Waals surface area contributed by atoms with Gasteiger partial charge in [-0.25, -0.2) is 4.68 Å². The molecule has 0 fully saturated rings. The molecule has 3 aromatic heterocycles. The van der Waals surface area contributed by atoms with Crippen molar-refractivity contribution < 1.29 is 9.32 Å². The highest BCUT2D eigenvalue weighted by atomic mass is 16.5. The van der Waals surface area contributed by atoms with Crippen LogP contribution in [0, 0.1) is 0 Å². The van der Waals surface area contributed by atoms with Crippen molar-refractivity contribution in [3.8, 4) is 17.0 Å². The van der Waals surface area contributed by atoms with Crippen LogP contribution in [-0.4, -0.2) is 31.0 Å². The molecular weight excluding hydrogens is 332 g/mol. The van der Waals surface area contributed by atoms with E-state index in [9.17, 15) is 4.79 Å². The Morgan fingerprint density at radius 3 is 2.85 bits per heavy atom. The maximum Gasteiger partial charge on any atom is 0.273 e. The highest BCUT2D eigenvalue weighted by molar-refractivity contribution is 5.93. The number of nitrogens with zero attached hydrogens (tertiary/aromatic N) is 5. The Morgan fingerprint density at radius 1 is 1.15 bits per heavy atom. The molecule has 0 atom stereocenters. The van der Waals surface area contributed by atoms with Crippen LogP contribution in [0.5, 0.6) is 0 Å². The maximum absolute atomic E-state index is 12.2. The summed E-state index contributed by atoms with van der Waals surface area (Å²) >= 11 is 0. The predicted octanol–water partition coefficient (Wildman–Crippen LogP) is 2.25. The summed E-state index contributed by atoms with van der Waals surface area (Å²) in [5.74, 6) is 0.199. The van der Waals surface area contributed by atoms with Crippen LogP contribution >= 0.6 is 0 Å². The fourth-order valence-corrected chi connectivity index (χ4v) is 2.38. The van der Waals surface area contributed by atoms with Gasteiger partial charge in [0.15, 0.2) is 11.5 Å². The zero-order valence-electron chi connectivity index (χ0n) is 13.6. The van der Waals surface area contributed by atoms with Crippen LogP contribution in [0.25, 0.3) is 17.0 Å². The van der Waals surface area contributed by atoms with Crippen LogP contribution in [-0.2, 0) is 6.54 Å². The Labute approximate surface area is 148 Å². The molecule has 0 aliphatic heterocycles. The average molecular weight is 346 g/mol. The van der Waals surface area contributed by atoms with Gasteiger partial charge in [-0.1, -0.05) is 40.7 Å². The number of carbonyl (C=O) groups excluding carboxylic acids is 1. The van der Waals surface area contributed by atoms with Gasteiger partial charge in [-0.15, -0.1) is 5.10 Å². The van der Waals surface area contributed by atoms with E-state index in [0.29, 0.717) is 11.5 Å². The van der Waals surface area contributed by atoms with Crippen LogP contribution in [0.15, 0.2) is 71.6 Å². The van der Waals surface area contributed by atoms with Gasteiger partial charge in [-0.2, -0.15) is 0 Å². The second-order valence-electron chi connectivity index (χ2n) is 5.49. The van der Waals surface area contributed by atoms with Crippen molar-refractivity contribution in [1.82, 2.24) is 30.5 Å². The van der Waals surface area contributed by atoms with Gasteiger partial charge in [0.25, 0.3) is 5.91 Å². The molecule has 4 aromatic rings. The first kappa shape index (κ1) is 15.7. The normalized spacial score (nSPS) is 10.6. The first-order chi connectivity index (χ1) is 12.8. The van der Waals surface area contributed by atoms with Crippen molar-refractivity contribution >= 4 is 5.91 Å². The number of carbonyl (C=O) groups is 1. The minimum absolute atomic E-state index is 0.212. The molecule has 0 spiro atoms. The minimum atomic E-state index is -0.341. The van der Waals surface area contributed by atoms with E-state index in [1.54, 1.807) is 29.3 Å². The van der Waals surface area contributed by atoms with E-state index in [1.807, 2.05) is 42.5 Å². The summed E-state index contributed by atoms with van der Waals surface area (Å²) in [6, 6.07) is 14.8. The summed E-state index contributed by atoms with van der Waals surface area (Å²) in [5.41, 5.74) is 2.48. The predicted molar refractivity (Wildman–Crippen MR) is 92.3 cm³/mol. The van der Waals surface area contributed by atoms with E-state index in [2.05, 4.69) is 25.8 Å². The molecule has 0 saturated heterocycles.